The molecule has 0 bridgehead atoms. The van der Waals surface area contributed by atoms with Crippen molar-refractivity contribution in [2.75, 3.05) is 6.61 Å². The normalized spacial score (nSPS) is 15.3. The van der Waals surface area contributed by atoms with Gasteiger partial charge in [-0.2, -0.15) is 0 Å². The Balaban J connectivity index is 1.44. The molecule has 0 heterocycles. The van der Waals surface area contributed by atoms with E-state index in [0.29, 0.717) is 0 Å². The van der Waals surface area contributed by atoms with E-state index in [-0.39, 0.29) is 12.5 Å². The van der Waals surface area contributed by atoms with E-state index in [1.54, 1.807) is 0 Å². The van der Waals surface area contributed by atoms with Crippen molar-refractivity contribution in [2.45, 2.75) is 70.7 Å². The number of hydrogen-bond acceptors (Lipinski definition) is 7. The molecule has 43 heavy (non-hydrogen) atoms. The molecule has 0 spiro atoms. The Morgan fingerprint density at radius 1 is 0.605 bits per heavy atom. The van der Waals surface area contributed by atoms with E-state index in [4.69, 9.17) is 9.84 Å². The number of rotatable bonds is 12. The lowest BCUT2D eigenvalue weighted by molar-refractivity contribution is -0.141. The second kappa shape index (κ2) is 14.3. The first-order chi connectivity index (χ1) is 20.3. The second-order valence-electron chi connectivity index (χ2n) is 10.5. The number of ether oxygens (including phenoxy) is 1. The van der Waals surface area contributed by atoms with E-state index in [9.17, 15) is 28.8 Å². The topological polar surface area (TPSA) is 192 Å². The maximum Gasteiger partial charge on any atom is 0.407 e. The molecule has 13 heteroatoms. The van der Waals surface area contributed by atoms with Crippen LogP contribution in [-0.2, 0) is 28.7 Å². The predicted molar refractivity (Wildman–Crippen MR) is 156 cm³/mol. The van der Waals surface area contributed by atoms with Gasteiger partial charge in [0.1, 0.15) is 36.8 Å². The number of amides is 5. The highest BCUT2D eigenvalue weighted by molar-refractivity contribution is 5.95. The van der Waals surface area contributed by atoms with Crippen molar-refractivity contribution in [2.24, 2.45) is 0 Å². The highest BCUT2D eigenvalue weighted by Crippen LogP contribution is 2.44. The fraction of sp³-hybridized carbons (Fsp3) is 0.400. The largest absolute Gasteiger partial charge is 0.480 e. The number of carboxylic acids is 1. The van der Waals surface area contributed by atoms with Crippen LogP contribution in [0.2, 0.25) is 0 Å². The van der Waals surface area contributed by atoms with Crippen molar-refractivity contribution in [3.05, 3.63) is 59.7 Å². The number of carboxylic acid groups (broad SMARTS) is 1. The minimum Gasteiger partial charge on any atom is -0.480 e. The van der Waals surface area contributed by atoms with E-state index < -0.39 is 65.9 Å². The molecule has 2 aromatic carbocycles. The molecule has 5 amide bonds. The lowest BCUT2D eigenvalue weighted by Crippen LogP contribution is -2.56. The molecule has 13 nitrogen and oxygen atoms in total. The zero-order chi connectivity index (χ0) is 31.8. The summed E-state index contributed by atoms with van der Waals surface area (Å²) in [5.74, 6) is -4.10. The highest BCUT2D eigenvalue weighted by atomic mass is 16.5. The van der Waals surface area contributed by atoms with Crippen molar-refractivity contribution in [1.29, 1.82) is 0 Å². The minimum atomic E-state index is -1.23. The van der Waals surface area contributed by atoms with E-state index in [2.05, 4.69) is 26.6 Å². The van der Waals surface area contributed by atoms with Crippen molar-refractivity contribution in [3.8, 4) is 11.1 Å². The maximum atomic E-state index is 12.6. The molecule has 0 saturated carbocycles. The van der Waals surface area contributed by atoms with Crippen molar-refractivity contribution >= 4 is 35.7 Å². The van der Waals surface area contributed by atoms with Crippen LogP contribution in [0.15, 0.2) is 48.5 Å². The quantitative estimate of drug-likeness (QED) is 0.209. The number of alkyl carbamates (subject to hydrolysis) is 1. The van der Waals surface area contributed by atoms with Crippen LogP contribution < -0.4 is 26.6 Å². The molecule has 0 aliphatic heterocycles. The van der Waals surface area contributed by atoms with Gasteiger partial charge in [-0.1, -0.05) is 48.5 Å². The summed E-state index contributed by atoms with van der Waals surface area (Å²) >= 11 is 0. The van der Waals surface area contributed by atoms with Crippen LogP contribution >= 0.6 is 0 Å². The van der Waals surface area contributed by atoms with Gasteiger partial charge in [-0.05, 0) is 56.9 Å². The summed E-state index contributed by atoms with van der Waals surface area (Å²) in [6, 6.07) is 10.4. The molecule has 2 aromatic rings. The molecular formula is C30H37N5O8. The third-order valence-electron chi connectivity index (χ3n) is 7.06. The average Bonchev–Trinajstić information content (AvgIpc) is 3.29. The van der Waals surface area contributed by atoms with Gasteiger partial charge in [0.05, 0.1) is 0 Å². The molecule has 0 fully saturated rings. The summed E-state index contributed by atoms with van der Waals surface area (Å²) in [6.45, 7) is 6.95. The van der Waals surface area contributed by atoms with Crippen LogP contribution in [0.5, 0.6) is 0 Å². The number of carbonyl (C=O) groups is 6. The number of nitrogens with one attached hydrogen (secondary N) is 5. The molecule has 5 atom stereocenters. The summed E-state index contributed by atoms with van der Waals surface area (Å²) in [5.41, 5.74) is 4.28. The number of carbonyl (C=O) groups excluding carboxylic acids is 5. The molecule has 1 aliphatic rings. The molecule has 0 unspecified atom stereocenters. The molecule has 3 rings (SSSR count). The molecule has 0 aromatic heterocycles. The van der Waals surface area contributed by atoms with Gasteiger partial charge in [0.2, 0.25) is 23.6 Å². The molecule has 230 valence electrons. The summed E-state index contributed by atoms with van der Waals surface area (Å²) in [5, 5.41) is 20.9. The third-order valence-corrected chi connectivity index (χ3v) is 7.06. The van der Waals surface area contributed by atoms with Gasteiger partial charge < -0.3 is 36.4 Å². The number of aliphatic carboxylic acids is 1. The molecule has 0 saturated heterocycles. The number of benzene rings is 2. The standard InChI is InChI=1S/C30H37N5O8/c1-15(25(36)32-17(3)27(38)34-19(5)29(40)41)31-26(37)16(2)33-28(39)18(4)35-30(42)43-14-24-22-12-8-6-10-20(22)21-11-7-9-13-23(21)24/h6-13,15-19,24H,14H2,1-5H3,(H,31,37)(H,32,36)(H,33,39)(H,34,38)(H,35,42)(H,40,41)/t15-,16-,17-,18+,19-/m1/s1. The fourth-order valence-electron chi connectivity index (χ4n) is 4.49. The lowest BCUT2D eigenvalue weighted by atomic mass is 9.98. The van der Waals surface area contributed by atoms with E-state index in [0.717, 1.165) is 22.3 Å². The molecular weight excluding hydrogens is 558 g/mol. The Labute approximate surface area is 249 Å². The Morgan fingerprint density at radius 3 is 1.35 bits per heavy atom. The van der Waals surface area contributed by atoms with Crippen LogP contribution in [0.25, 0.3) is 11.1 Å². The molecule has 1 aliphatic carbocycles. The Kier molecular flexibility index (Phi) is 10.8. The first kappa shape index (κ1) is 32.6. The molecule has 0 radical (unpaired) electrons. The average molecular weight is 596 g/mol. The van der Waals surface area contributed by atoms with E-state index in [1.807, 2.05) is 48.5 Å². The third kappa shape index (κ3) is 8.31. The monoisotopic (exact) mass is 595 g/mol. The van der Waals surface area contributed by atoms with Crippen LogP contribution in [0.1, 0.15) is 51.7 Å². The van der Waals surface area contributed by atoms with Crippen LogP contribution in [0.4, 0.5) is 4.79 Å². The van der Waals surface area contributed by atoms with Crippen molar-refractivity contribution in [1.82, 2.24) is 26.6 Å². The van der Waals surface area contributed by atoms with Crippen molar-refractivity contribution in [3.63, 3.8) is 0 Å². The zero-order valence-electron chi connectivity index (χ0n) is 24.6. The Bertz CT molecular complexity index is 1350. The lowest BCUT2D eigenvalue weighted by Gasteiger charge is -2.22. The Morgan fingerprint density at radius 2 is 0.953 bits per heavy atom. The van der Waals surface area contributed by atoms with Gasteiger partial charge >= 0.3 is 12.1 Å². The Hall–Kier alpha value is -4.94. The van der Waals surface area contributed by atoms with E-state index >= 15 is 0 Å². The van der Waals surface area contributed by atoms with Crippen molar-refractivity contribution < 1.29 is 38.6 Å². The molecule has 6 N–H and O–H groups in total. The SMILES string of the molecule is C[C@H](NC(=O)OCC1c2ccccc2-c2ccccc21)C(=O)N[C@H](C)C(=O)N[C@H](C)C(=O)N[C@H](C)C(=O)N[C@H](C)C(=O)O. The number of hydrogen-bond donors (Lipinski definition) is 6. The zero-order valence-corrected chi connectivity index (χ0v) is 24.6. The smallest absolute Gasteiger partial charge is 0.407 e. The highest BCUT2D eigenvalue weighted by Gasteiger charge is 2.30. The summed E-state index contributed by atoms with van der Waals surface area (Å²) in [4.78, 5) is 73.1. The summed E-state index contributed by atoms with van der Waals surface area (Å²) < 4.78 is 5.46. The van der Waals surface area contributed by atoms with Gasteiger partial charge in [0.15, 0.2) is 0 Å². The van der Waals surface area contributed by atoms with Gasteiger partial charge in [-0.25, -0.2) is 4.79 Å². The van der Waals surface area contributed by atoms with Crippen LogP contribution in [0, 0.1) is 0 Å². The second-order valence-corrected chi connectivity index (χ2v) is 10.5. The van der Waals surface area contributed by atoms with Gasteiger partial charge in [-0.3, -0.25) is 24.0 Å². The van der Waals surface area contributed by atoms with Crippen LogP contribution in [0.3, 0.4) is 0 Å². The first-order valence-electron chi connectivity index (χ1n) is 13.9. The van der Waals surface area contributed by atoms with Gasteiger partial charge in [0, 0.05) is 5.92 Å². The fourth-order valence-corrected chi connectivity index (χ4v) is 4.49. The van der Waals surface area contributed by atoms with Crippen LogP contribution in [-0.4, -0.2) is 77.6 Å². The van der Waals surface area contributed by atoms with Gasteiger partial charge in [-0.15, -0.1) is 0 Å². The predicted octanol–water partition coefficient (Wildman–Crippen LogP) is 1.02. The summed E-state index contributed by atoms with van der Waals surface area (Å²) in [6.07, 6.45) is -0.789. The maximum absolute atomic E-state index is 12.6. The van der Waals surface area contributed by atoms with Gasteiger partial charge in [0.25, 0.3) is 0 Å². The minimum absolute atomic E-state index is 0.0752. The number of fused-ring (bicyclic) bond motifs is 3. The first-order valence-corrected chi connectivity index (χ1v) is 13.9. The summed E-state index contributed by atoms with van der Waals surface area (Å²) in [7, 11) is 0. The van der Waals surface area contributed by atoms with E-state index in [1.165, 1.54) is 34.6 Å².